The second-order valence-electron chi connectivity index (χ2n) is 6.27. The van der Waals surface area contributed by atoms with E-state index in [0.717, 1.165) is 25.7 Å². The zero-order valence-corrected chi connectivity index (χ0v) is 13.2. The van der Waals surface area contributed by atoms with Gasteiger partial charge in [-0.1, -0.05) is 12.8 Å². The summed E-state index contributed by atoms with van der Waals surface area (Å²) in [6, 6.07) is 0. The SMILES string of the molecule is CC1CN(S(=O)(=O)NCC2(CO)CCCC2)CC(C)O1. The molecule has 0 spiro atoms. The molecule has 0 aromatic heterocycles. The second-order valence-corrected chi connectivity index (χ2v) is 8.02. The first-order valence-electron chi connectivity index (χ1n) is 7.38. The van der Waals surface area contributed by atoms with Crippen molar-refractivity contribution in [3.8, 4) is 0 Å². The normalized spacial score (nSPS) is 31.6. The number of rotatable bonds is 5. The highest BCUT2D eigenvalue weighted by atomic mass is 32.2. The summed E-state index contributed by atoms with van der Waals surface area (Å²) in [7, 11) is -3.49. The minimum absolute atomic E-state index is 0.0471. The lowest BCUT2D eigenvalue weighted by atomic mass is 9.88. The van der Waals surface area contributed by atoms with E-state index in [2.05, 4.69) is 4.72 Å². The van der Waals surface area contributed by atoms with Gasteiger partial charge in [0.1, 0.15) is 0 Å². The van der Waals surface area contributed by atoms with Crippen LogP contribution in [0, 0.1) is 5.41 Å². The Morgan fingerprint density at radius 3 is 2.30 bits per heavy atom. The van der Waals surface area contributed by atoms with Gasteiger partial charge < -0.3 is 9.84 Å². The van der Waals surface area contributed by atoms with Crippen LogP contribution in [0.15, 0.2) is 0 Å². The van der Waals surface area contributed by atoms with Crippen molar-refractivity contribution in [1.82, 2.24) is 9.03 Å². The molecule has 1 heterocycles. The Morgan fingerprint density at radius 1 is 1.25 bits per heavy atom. The smallest absolute Gasteiger partial charge is 0.279 e. The van der Waals surface area contributed by atoms with Crippen LogP contribution < -0.4 is 4.72 Å². The Morgan fingerprint density at radius 2 is 1.80 bits per heavy atom. The van der Waals surface area contributed by atoms with E-state index in [1.54, 1.807) is 0 Å². The minimum Gasteiger partial charge on any atom is -0.396 e. The summed E-state index contributed by atoms with van der Waals surface area (Å²) >= 11 is 0. The van der Waals surface area contributed by atoms with Gasteiger partial charge >= 0.3 is 0 Å². The topological polar surface area (TPSA) is 78.9 Å². The monoisotopic (exact) mass is 306 g/mol. The molecule has 0 aromatic rings. The number of ether oxygens (including phenoxy) is 1. The van der Waals surface area contributed by atoms with Gasteiger partial charge in [-0.25, -0.2) is 4.72 Å². The molecule has 2 unspecified atom stereocenters. The highest BCUT2D eigenvalue weighted by Crippen LogP contribution is 2.37. The quantitative estimate of drug-likeness (QED) is 0.774. The number of hydrogen-bond donors (Lipinski definition) is 2. The summed E-state index contributed by atoms with van der Waals surface area (Å²) in [5, 5.41) is 9.54. The van der Waals surface area contributed by atoms with E-state index in [-0.39, 0.29) is 24.2 Å². The van der Waals surface area contributed by atoms with Crippen molar-refractivity contribution < 1.29 is 18.3 Å². The molecule has 1 saturated heterocycles. The van der Waals surface area contributed by atoms with E-state index in [4.69, 9.17) is 4.74 Å². The summed E-state index contributed by atoms with van der Waals surface area (Å²) in [6.45, 7) is 4.89. The van der Waals surface area contributed by atoms with E-state index in [1.165, 1.54) is 4.31 Å². The predicted molar refractivity (Wildman–Crippen MR) is 76.5 cm³/mol. The van der Waals surface area contributed by atoms with E-state index in [1.807, 2.05) is 13.8 Å². The third-order valence-electron chi connectivity index (χ3n) is 4.36. The van der Waals surface area contributed by atoms with Crippen LogP contribution in [0.1, 0.15) is 39.5 Å². The highest BCUT2D eigenvalue weighted by Gasteiger charge is 2.36. The maximum Gasteiger partial charge on any atom is 0.279 e. The average Bonchev–Trinajstić information content (AvgIpc) is 2.85. The average molecular weight is 306 g/mol. The Balaban J connectivity index is 1.96. The summed E-state index contributed by atoms with van der Waals surface area (Å²) in [5.74, 6) is 0. The van der Waals surface area contributed by atoms with Gasteiger partial charge in [-0.3, -0.25) is 0 Å². The van der Waals surface area contributed by atoms with Crippen molar-refractivity contribution in [2.45, 2.75) is 51.7 Å². The van der Waals surface area contributed by atoms with Crippen LogP contribution in [0.25, 0.3) is 0 Å². The fourth-order valence-electron chi connectivity index (χ4n) is 3.18. The van der Waals surface area contributed by atoms with Gasteiger partial charge in [0.2, 0.25) is 0 Å². The van der Waals surface area contributed by atoms with E-state index < -0.39 is 10.2 Å². The number of aliphatic hydroxyl groups excluding tert-OH is 1. The van der Waals surface area contributed by atoms with Gasteiger partial charge in [0.25, 0.3) is 10.2 Å². The molecule has 6 nitrogen and oxygen atoms in total. The molecular weight excluding hydrogens is 280 g/mol. The molecule has 0 bridgehead atoms. The molecule has 0 amide bonds. The third kappa shape index (κ3) is 3.71. The molecule has 0 radical (unpaired) electrons. The standard InChI is InChI=1S/C13H26N2O4S/c1-11-7-15(8-12(2)19-11)20(17,18)14-9-13(10-16)5-3-4-6-13/h11-12,14,16H,3-10H2,1-2H3. The maximum absolute atomic E-state index is 12.4. The van der Waals surface area contributed by atoms with E-state index in [0.29, 0.717) is 19.6 Å². The van der Waals surface area contributed by atoms with E-state index in [9.17, 15) is 13.5 Å². The first kappa shape index (κ1) is 16.2. The minimum atomic E-state index is -3.49. The highest BCUT2D eigenvalue weighted by molar-refractivity contribution is 7.87. The number of morpholine rings is 1. The Bertz CT molecular complexity index is 410. The molecule has 1 aliphatic carbocycles. The van der Waals surface area contributed by atoms with Crippen LogP contribution in [0.2, 0.25) is 0 Å². The lowest BCUT2D eigenvalue weighted by Crippen LogP contribution is -2.53. The van der Waals surface area contributed by atoms with Crippen LogP contribution in [0.5, 0.6) is 0 Å². The molecule has 1 saturated carbocycles. The van der Waals surface area contributed by atoms with Crippen LogP contribution in [-0.2, 0) is 14.9 Å². The van der Waals surface area contributed by atoms with Gasteiger partial charge in [0, 0.05) is 31.7 Å². The molecule has 118 valence electrons. The summed E-state index contributed by atoms with van der Waals surface area (Å²) < 4.78 is 34.4. The zero-order chi connectivity index (χ0) is 14.8. The maximum atomic E-state index is 12.4. The van der Waals surface area contributed by atoms with E-state index >= 15 is 0 Å². The fraction of sp³-hybridized carbons (Fsp3) is 1.00. The van der Waals surface area contributed by atoms with Crippen molar-refractivity contribution in [2.75, 3.05) is 26.2 Å². The number of nitrogens with zero attached hydrogens (tertiary/aromatic N) is 1. The Hall–Kier alpha value is -0.210. The van der Waals surface area contributed by atoms with Crippen LogP contribution in [0.3, 0.4) is 0 Å². The van der Waals surface area contributed by atoms with Gasteiger partial charge in [0.05, 0.1) is 12.2 Å². The fourth-order valence-corrected chi connectivity index (χ4v) is 4.66. The molecule has 2 aliphatic rings. The largest absolute Gasteiger partial charge is 0.396 e. The van der Waals surface area contributed by atoms with Gasteiger partial charge in [-0.05, 0) is 26.7 Å². The first-order valence-corrected chi connectivity index (χ1v) is 8.82. The van der Waals surface area contributed by atoms with Crippen molar-refractivity contribution in [2.24, 2.45) is 5.41 Å². The summed E-state index contributed by atoms with van der Waals surface area (Å²) in [4.78, 5) is 0. The number of nitrogens with one attached hydrogen (secondary N) is 1. The lowest BCUT2D eigenvalue weighted by molar-refractivity contribution is -0.0444. The van der Waals surface area contributed by atoms with Crippen LogP contribution >= 0.6 is 0 Å². The third-order valence-corrected chi connectivity index (χ3v) is 5.84. The second kappa shape index (κ2) is 6.27. The van der Waals surface area contributed by atoms with Crippen molar-refractivity contribution >= 4 is 10.2 Å². The molecule has 2 atom stereocenters. The summed E-state index contributed by atoms with van der Waals surface area (Å²) in [5.41, 5.74) is -0.267. The molecule has 7 heteroatoms. The molecule has 20 heavy (non-hydrogen) atoms. The van der Waals surface area contributed by atoms with Gasteiger partial charge in [0.15, 0.2) is 0 Å². The van der Waals surface area contributed by atoms with Crippen molar-refractivity contribution in [3.05, 3.63) is 0 Å². The summed E-state index contributed by atoms with van der Waals surface area (Å²) in [6.07, 6.45) is 3.73. The molecule has 0 aromatic carbocycles. The molecular formula is C13H26N2O4S. The van der Waals surface area contributed by atoms with Crippen LogP contribution in [0.4, 0.5) is 0 Å². The van der Waals surface area contributed by atoms with Crippen LogP contribution in [-0.4, -0.2) is 56.3 Å². The van der Waals surface area contributed by atoms with Gasteiger partial charge in [-0.2, -0.15) is 12.7 Å². The molecule has 2 rings (SSSR count). The van der Waals surface area contributed by atoms with Crippen molar-refractivity contribution in [3.63, 3.8) is 0 Å². The molecule has 2 N–H and O–H groups in total. The lowest BCUT2D eigenvalue weighted by Gasteiger charge is -2.35. The predicted octanol–water partition coefficient (Wildman–Crippen LogP) is 0.483. The Kier molecular flexibility index (Phi) is 5.07. The first-order chi connectivity index (χ1) is 9.37. The van der Waals surface area contributed by atoms with Gasteiger partial charge in [-0.15, -0.1) is 0 Å². The zero-order valence-electron chi connectivity index (χ0n) is 12.3. The van der Waals surface area contributed by atoms with Crippen molar-refractivity contribution in [1.29, 1.82) is 0 Å². The number of aliphatic hydroxyl groups is 1. The Labute approximate surface area is 121 Å². The molecule has 1 aliphatic heterocycles. The number of hydrogen-bond acceptors (Lipinski definition) is 4. The molecule has 2 fully saturated rings.